The lowest BCUT2D eigenvalue weighted by molar-refractivity contribution is 0.102. The molecule has 6 nitrogen and oxygen atoms in total. The maximum Gasteiger partial charge on any atom is 0.217 e. The molecule has 0 spiro atoms. The average Bonchev–Trinajstić information content (AvgIpc) is 1.85. The Morgan fingerprint density at radius 3 is 2.08 bits per heavy atom. The first-order chi connectivity index (χ1) is 5.27. The molecule has 12 heavy (non-hydrogen) atoms. The number of hydrogen-bond acceptors (Lipinski definition) is 4. The summed E-state index contributed by atoms with van der Waals surface area (Å²) in [6.07, 6.45) is 0. The fraction of sp³-hybridized carbons (Fsp3) is 1.00. The summed E-state index contributed by atoms with van der Waals surface area (Å²) in [6, 6.07) is 0. The molecule has 0 aromatic heterocycles. The molecule has 0 aromatic carbocycles. The first kappa shape index (κ1) is 12.1. The molecule has 0 aromatic rings. The Labute approximate surface area is 74.9 Å². The van der Waals surface area contributed by atoms with Crippen molar-refractivity contribution >= 4 is 22.2 Å². The van der Waals surface area contributed by atoms with Gasteiger partial charge in [0.15, 0.2) is 11.1 Å². The van der Waals surface area contributed by atoms with Gasteiger partial charge in [-0.15, -0.1) is 0 Å². The minimum absolute atomic E-state index is 0.976. The molecule has 0 bridgehead atoms. The molecule has 8 heteroatoms. The Balaban J connectivity index is 4.24. The summed E-state index contributed by atoms with van der Waals surface area (Å²) in [6.45, 7) is 2.34. The van der Waals surface area contributed by atoms with Crippen molar-refractivity contribution in [2.45, 2.75) is 24.3 Å². The highest BCUT2D eigenvalue weighted by Crippen LogP contribution is 2.04. The van der Waals surface area contributed by atoms with E-state index in [1.807, 2.05) is 0 Å². The third-order valence-corrected chi connectivity index (χ3v) is 2.63. The zero-order valence-corrected chi connectivity index (χ0v) is 8.18. The maximum absolute atomic E-state index is 10.4. The van der Waals surface area contributed by atoms with Gasteiger partial charge in [-0.25, -0.2) is 8.42 Å². The highest BCUT2D eigenvalue weighted by Gasteiger charge is 2.30. The normalized spacial score (nSPS) is 24.1. The Bertz CT molecular complexity index is 206. The summed E-state index contributed by atoms with van der Waals surface area (Å²) >= 11 is -4.70. The first-order valence-corrected chi connectivity index (χ1v) is 5.25. The van der Waals surface area contributed by atoms with Crippen LogP contribution in [0.3, 0.4) is 0 Å². The van der Waals surface area contributed by atoms with Crippen LogP contribution in [0.25, 0.3) is 0 Å². The smallest absolute Gasteiger partial charge is 0.217 e. The third kappa shape index (κ3) is 3.70. The summed E-state index contributed by atoms with van der Waals surface area (Å²) in [5, 5.41) is 8.17. The van der Waals surface area contributed by atoms with Crippen LogP contribution < -0.4 is 5.32 Å². The Morgan fingerprint density at radius 2 is 1.83 bits per heavy atom. The van der Waals surface area contributed by atoms with Gasteiger partial charge in [0, 0.05) is 0 Å². The molecule has 0 aliphatic rings. The lowest BCUT2D eigenvalue weighted by atomic mass is 10.6. The van der Waals surface area contributed by atoms with Gasteiger partial charge in [-0.1, -0.05) is 0 Å². The fourth-order valence-electron chi connectivity index (χ4n) is 0.478. The van der Waals surface area contributed by atoms with E-state index in [1.54, 1.807) is 0 Å². The minimum atomic E-state index is -2.51. The molecule has 0 radical (unpaired) electrons. The van der Waals surface area contributed by atoms with E-state index >= 15 is 0 Å². The second-order valence-electron chi connectivity index (χ2n) is 2.29. The molecular weight excluding hydrogens is 206 g/mol. The van der Waals surface area contributed by atoms with Gasteiger partial charge in [0.2, 0.25) is 16.1 Å². The second kappa shape index (κ2) is 4.40. The molecule has 4 N–H and O–H groups in total. The Morgan fingerprint density at radius 1 is 1.42 bits per heavy atom. The standard InChI is InChI=1S/C4H11NO5S2/c1-3(11(7)8)5-4(2,6)12(9)10/h3,5-6H,1-2H3,(H,7,8)(H,9,10). The lowest BCUT2D eigenvalue weighted by Gasteiger charge is -2.22. The van der Waals surface area contributed by atoms with Crippen molar-refractivity contribution in [1.82, 2.24) is 5.32 Å². The number of hydrogen-bond donors (Lipinski definition) is 4. The van der Waals surface area contributed by atoms with Crippen molar-refractivity contribution in [1.29, 1.82) is 0 Å². The summed E-state index contributed by atoms with van der Waals surface area (Å²) in [5.74, 6) is 0. The molecule has 0 saturated heterocycles. The summed E-state index contributed by atoms with van der Waals surface area (Å²) in [7, 11) is 0. The van der Waals surface area contributed by atoms with E-state index in [9.17, 15) is 8.42 Å². The highest BCUT2D eigenvalue weighted by molar-refractivity contribution is 7.81. The third-order valence-electron chi connectivity index (χ3n) is 1.11. The van der Waals surface area contributed by atoms with Crippen LogP contribution in [-0.4, -0.2) is 33.1 Å². The zero-order valence-electron chi connectivity index (χ0n) is 6.55. The predicted molar refractivity (Wildman–Crippen MR) is 44.8 cm³/mol. The monoisotopic (exact) mass is 217 g/mol. The van der Waals surface area contributed by atoms with Crippen LogP contribution in [0.1, 0.15) is 13.8 Å². The molecule has 74 valence electrons. The first-order valence-electron chi connectivity index (χ1n) is 2.98. The molecule has 0 aliphatic carbocycles. The fourth-order valence-corrected chi connectivity index (χ4v) is 1.16. The average molecular weight is 217 g/mol. The predicted octanol–water partition coefficient (Wildman–Crippen LogP) is -0.969. The van der Waals surface area contributed by atoms with Gasteiger partial charge in [-0.3, -0.25) is 5.32 Å². The van der Waals surface area contributed by atoms with Gasteiger partial charge < -0.3 is 14.2 Å². The van der Waals surface area contributed by atoms with Gasteiger partial charge in [-0.2, -0.15) is 0 Å². The maximum atomic E-state index is 10.4. The zero-order chi connectivity index (χ0) is 9.94. The van der Waals surface area contributed by atoms with Crippen LogP contribution in [0.5, 0.6) is 0 Å². The molecule has 0 heterocycles. The van der Waals surface area contributed by atoms with Crippen molar-refractivity contribution < 1.29 is 22.6 Å². The molecule has 4 atom stereocenters. The second-order valence-corrected chi connectivity index (χ2v) is 4.85. The highest BCUT2D eigenvalue weighted by atomic mass is 32.2. The van der Waals surface area contributed by atoms with E-state index in [2.05, 4.69) is 5.32 Å². The Hall–Kier alpha value is 0.140. The number of nitrogens with one attached hydrogen (secondary N) is 1. The Kier molecular flexibility index (Phi) is 4.45. The van der Waals surface area contributed by atoms with E-state index in [-0.39, 0.29) is 0 Å². The van der Waals surface area contributed by atoms with E-state index in [0.29, 0.717) is 0 Å². The van der Waals surface area contributed by atoms with Crippen LogP contribution in [0, 0.1) is 0 Å². The van der Waals surface area contributed by atoms with Gasteiger partial charge >= 0.3 is 0 Å². The molecular formula is C4H11NO5S2. The van der Waals surface area contributed by atoms with Crippen molar-refractivity contribution in [2.75, 3.05) is 0 Å². The summed E-state index contributed by atoms with van der Waals surface area (Å²) in [4.78, 5) is 0. The van der Waals surface area contributed by atoms with Crippen LogP contribution in [0.15, 0.2) is 0 Å². The van der Waals surface area contributed by atoms with E-state index in [4.69, 9.17) is 14.2 Å². The van der Waals surface area contributed by atoms with E-state index in [0.717, 1.165) is 6.92 Å². The van der Waals surface area contributed by atoms with Crippen LogP contribution in [0.4, 0.5) is 0 Å². The van der Waals surface area contributed by atoms with Gasteiger partial charge in [0.1, 0.15) is 5.37 Å². The van der Waals surface area contributed by atoms with Crippen molar-refractivity contribution in [3.63, 3.8) is 0 Å². The van der Waals surface area contributed by atoms with Crippen LogP contribution >= 0.6 is 0 Å². The summed E-state index contributed by atoms with van der Waals surface area (Å²) < 4.78 is 37.7. The lowest BCUT2D eigenvalue weighted by Crippen LogP contribution is -2.51. The van der Waals surface area contributed by atoms with Crippen LogP contribution in [0.2, 0.25) is 0 Å². The van der Waals surface area contributed by atoms with Crippen molar-refractivity contribution in [3.8, 4) is 0 Å². The topological polar surface area (TPSA) is 107 Å². The molecule has 0 saturated carbocycles. The van der Waals surface area contributed by atoms with Gasteiger partial charge in [0.25, 0.3) is 0 Å². The minimum Gasteiger partial charge on any atom is -0.363 e. The molecule has 4 unspecified atom stereocenters. The van der Waals surface area contributed by atoms with Gasteiger partial charge in [0.05, 0.1) is 0 Å². The molecule has 0 aliphatic heterocycles. The van der Waals surface area contributed by atoms with E-state index in [1.165, 1.54) is 6.92 Å². The summed E-state index contributed by atoms with van der Waals surface area (Å²) in [5.41, 5.74) is 0. The number of aliphatic hydroxyl groups is 1. The number of rotatable bonds is 4. The van der Waals surface area contributed by atoms with E-state index < -0.39 is 32.6 Å². The largest absolute Gasteiger partial charge is 0.363 e. The van der Waals surface area contributed by atoms with Crippen LogP contribution in [-0.2, 0) is 22.2 Å². The van der Waals surface area contributed by atoms with Crippen molar-refractivity contribution in [2.24, 2.45) is 0 Å². The SMILES string of the molecule is CC(NC(C)(O)S(=O)O)S(=O)O. The molecule has 0 amide bonds. The quantitative estimate of drug-likeness (QED) is 0.356. The molecule has 0 fully saturated rings. The molecule has 0 rings (SSSR count). The van der Waals surface area contributed by atoms with Crippen molar-refractivity contribution in [3.05, 3.63) is 0 Å². The van der Waals surface area contributed by atoms with Gasteiger partial charge in [-0.05, 0) is 13.8 Å².